The average Bonchev–Trinajstić information content (AvgIpc) is 3.07. The maximum Gasteiger partial charge on any atom is 0.223 e. The van der Waals surface area contributed by atoms with Crippen LogP contribution in [0, 0.1) is 11.8 Å². The third-order valence-corrected chi connectivity index (χ3v) is 5.04. The van der Waals surface area contributed by atoms with E-state index < -0.39 is 0 Å². The summed E-state index contributed by atoms with van der Waals surface area (Å²) in [6.45, 7) is 0.288. The van der Waals surface area contributed by atoms with E-state index in [1.165, 1.54) is 18.2 Å². The number of phenolic OH excluding ortho intramolecular Hbond substituents is 4. The van der Waals surface area contributed by atoms with Gasteiger partial charge in [-0.1, -0.05) is 18.6 Å². The molecule has 2 aromatic carbocycles. The molecule has 1 saturated carbocycles. The smallest absolute Gasteiger partial charge is 0.223 e. The quantitative estimate of drug-likeness (QED) is 0.529. The minimum Gasteiger partial charge on any atom is -0.504 e. The number of amides is 1. The summed E-state index contributed by atoms with van der Waals surface area (Å²) in [5, 5.41) is 40.8. The van der Waals surface area contributed by atoms with E-state index in [0.29, 0.717) is 12.0 Å². The van der Waals surface area contributed by atoms with Crippen LogP contribution in [0.15, 0.2) is 36.4 Å². The Morgan fingerprint density at radius 2 is 1.50 bits per heavy atom. The fourth-order valence-electron chi connectivity index (χ4n) is 3.62. The molecule has 1 aliphatic rings. The molecule has 2 atom stereocenters. The lowest BCUT2D eigenvalue weighted by atomic mass is 9.89. The highest BCUT2D eigenvalue weighted by Crippen LogP contribution is 2.36. The van der Waals surface area contributed by atoms with Gasteiger partial charge in [0, 0.05) is 12.5 Å². The monoisotopic (exact) mass is 357 g/mol. The van der Waals surface area contributed by atoms with Gasteiger partial charge in [0.15, 0.2) is 23.0 Å². The largest absolute Gasteiger partial charge is 0.504 e. The first kappa shape index (κ1) is 17.9. The van der Waals surface area contributed by atoms with Crippen molar-refractivity contribution in [3.8, 4) is 23.0 Å². The molecule has 1 aliphatic carbocycles. The van der Waals surface area contributed by atoms with Crippen LogP contribution in [0.4, 0.5) is 0 Å². The maximum atomic E-state index is 12.6. The van der Waals surface area contributed by atoms with Crippen LogP contribution in [0.1, 0.15) is 30.4 Å². The molecule has 6 heteroatoms. The van der Waals surface area contributed by atoms with Gasteiger partial charge in [0.2, 0.25) is 5.91 Å². The summed E-state index contributed by atoms with van der Waals surface area (Å²) in [6, 6.07) is 9.25. The Hall–Kier alpha value is -2.89. The number of benzene rings is 2. The average molecular weight is 357 g/mol. The molecule has 0 radical (unpaired) electrons. The molecule has 1 fully saturated rings. The number of phenols is 4. The molecule has 138 valence electrons. The van der Waals surface area contributed by atoms with E-state index in [1.807, 2.05) is 0 Å². The third-order valence-electron chi connectivity index (χ3n) is 5.04. The summed E-state index contributed by atoms with van der Waals surface area (Å²) in [4.78, 5) is 12.6. The van der Waals surface area contributed by atoms with Crippen LogP contribution in [-0.4, -0.2) is 26.3 Å². The van der Waals surface area contributed by atoms with Crippen LogP contribution >= 0.6 is 0 Å². The Morgan fingerprint density at radius 3 is 2.15 bits per heavy atom. The Morgan fingerprint density at radius 1 is 0.885 bits per heavy atom. The van der Waals surface area contributed by atoms with Gasteiger partial charge >= 0.3 is 0 Å². The SMILES string of the molecule is O=C(NCc1ccc(O)c(O)c1)C1CCCC1Cc1ccc(O)c(O)c1. The van der Waals surface area contributed by atoms with Gasteiger partial charge in [-0.25, -0.2) is 0 Å². The van der Waals surface area contributed by atoms with Crippen molar-refractivity contribution in [1.82, 2.24) is 5.32 Å². The van der Waals surface area contributed by atoms with Crippen molar-refractivity contribution < 1.29 is 25.2 Å². The summed E-state index contributed by atoms with van der Waals surface area (Å²) in [5.41, 5.74) is 1.61. The van der Waals surface area contributed by atoms with Crippen LogP contribution < -0.4 is 5.32 Å². The lowest BCUT2D eigenvalue weighted by molar-refractivity contribution is -0.126. The molecule has 2 aromatic rings. The van der Waals surface area contributed by atoms with E-state index in [1.54, 1.807) is 18.2 Å². The van der Waals surface area contributed by atoms with E-state index in [2.05, 4.69) is 5.32 Å². The van der Waals surface area contributed by atoms with Gasteiger partial charge in [-0.2, -0.15) is 0 Å². The zero-order valence-corrected chi connectivity index (χ0v) is 14.4. The van der Waals surface area contributed by atoms with Crippen LogP contribution in [0.25, 0.3) is 0 Å². The fourth-order valence-corrected chi connectivity index (χ4v) is 3.62. The van der Waals surface area contributed by atoms with Gasteiger partial charge in [-0.15, -0.1) is 0 Å². The predicted octanol–water partition coefficient (Wildman–Crippen LogP) is 2.78. The number of carbonyl (C=O) groups is 1. The Kier molecular flexibility index (Phi) is 5.21. The first-order valence-corrected chi connectivity index (χ1v) is 8.73. The van der Waals surface area contributed by atoms with E-state index in [0.717, 1.165) is 24.8 Å². The van der Waals surface area contributed by atoms with Crippen molar-refractivity contribution in [2.24, 2.45) is 11.8 Å². The van der Waals surface area contributed by atoms with Crippen molar-refractivity contribution in [3.63, 3.8) is 0 Å². The van der Waals surface area contributed by atoms with Gasteiger partial charge < -0.3 is 25.7 Å². The second kappa shape index (κ2) is 7.56. The van der Waals surface area contributed by atoms with Crippen molar-refractivity contribution in [1.29, 1.82) is 0 Å². The molecule has 6 nitrogen and oxygen atoms in total. The van der Waals surface area contributed by atoms with Crippen LogP contribution in [0.5, 0.6) is 23.0 Å². The van der Waals surface area contributed by atoms with Gasteiger partial charge in [0.1, 0.15) is 0 Å². The lowest BCUT2D eigenvalue weighted by Crippen LogP contribution is -2.32. The molecular weight excluding hydrogens is 334 g/mol. The highest BCUT2D eigenvalue weighted by Gasteiger charge is 2.32. The topological polar surface area (TPSA) is 110 Å². The van der Waals surface area contributed by atoms with Crippen molar-refractivity contribution in [2.45, 2.75) is 32.2 Å². The number of rotatable bonds is 5. The molecule has 0 bridgehead atoms. The summed E-state index contributed by atoms with van der Waals surface area (Å²) in [7, 11) is 0. The zero-order valence-electron chi connectivity index (χ0n) is 14.4. The number of aromatic hydroxyl groups is 4. The van der Waals surface area contributed by atoms with Crippen LogP contribution in [0.3, 0.4) is 0 Å². The fraction of sp³-hybridized carbons (Fsp3) is 0.350. The Balaban J connectivity index is 1.60. The first-order chi connectivity index (χ1) is 12.4. The number of nitrogens with one attached hydrogen (secondary N) is 1. The minimum absolute atomic E-state index is 0.0249. The van der Waals surface area contributed by atoms with E-state index >= 15 is 0 Å². The Bertz CT molecular complexity index is 805. The second-order valence-electron chi connectivity index (χ2n) is 6.87. The van der Waals surface area contributed by atoms with Crippen molar-refractivity contribution >= 4 is 5.91 Å². The molecule has 0 heterocycles. The summed E-state index contributed by atoms with van der Waals surface area (Å²) in [5.74, 6) is -0.622. The molecule has 0 aromatic heterocycles. The van der Waals surface area contributed by atoms with E-state index in [9.17, 15) is 25.2 Å². The molecule has 2 unspecified atom stereocenters. The third kappa shape index (κ3) is 4.02. The number of carbonyl (C=O) groups excluding carboxylic acids is 1. The lowest BCUT2D eigenvalue weighted by Gasteiger charge is -2.19. The van der Waals surface area contributed by atoms with Gasteiger partial charge in [0.25, 0.3) is 0 Å². The molecule has 0 aliphatic heterocycles. The standard InChI is InChI=1S/C20H23NO5/c22-16-6-4-12(9-18(16)24)8-14-2-1-3-15(14)20(26)21-11-13-5-7-17(23)19(25)10-13/h4-7,9-10,14-15,22-25H,1-3,8,11H2,(H,21,26). The highest BCUT2D eigenvalue weighted by molar-refractivity contribution is 5.79. The van der Waals surface area contributed by atoms with Crippen LogP contribution in [-0.2, 0) is 17.8 Å². The molecular formula is C20H23NO5. The number of hydrogen-bond donors (Lipinski definition) is 5. The molecule has 0 saturated heterocycles. The molecule has 1 amide bonds. The Labute approximate surface area is 151 Å². The van der Waals surface area contributed by atoms with Crippen molar-refractivity contribution in [2.75, 3.05) is 0 Å². The van der Waals surface area contributed by atoms with Gasteiger partial charge in [-0.3, -0.25) is 4.79 Å². The van der Waals surface area contributed by atoms with E-state index in [-0.39, 0.29) is 47.3 Å². The minimum atomic E-state index is -0.206. The van der Waals surface area contributed by atoms with E-state index in [4.69, 9.17) is 0 Å². The highest BCUT2D eigenvalue weighted by atomic mass is 16.3. The van der Waals surface area contributed by atoms with Crippen LogP contribution in [0.2, 0.25) is 0 Å². The van der Waals surface area contributed by atoms with Gasteiger partial charge in [-0.05, 0) is 60.6 Å². The molecule has 0 spiro atoms. The summed E-state index contributed by atoms with van der Waals surface area (Å²) < 4.78 is 0. The number of hydrogen-bond acceptors (Lipinski definition) is 5. The summed E-state index contributed by atoms with van der Waals surface area (Å²) in [6.07, 6.45) is 3.42. The maximum absolute atomic E-state index is 12.6. The molecule has 5 N–H and O–H groups in total. The second-order valence-corrected chi connectivity index (χ2v) is 6.87. The first-order valence-electron chi connectivity index (χ1n) is 8.73. The van der Waals surface area contributed by atoms with Crippen molar-refractivity contribution in [3.05, 3.63) is 47.5 Å². The zero-order chi connectivity index (χ0) is 18.7. The molecule has 3 rings (SSSR count). The summed E-state index contributed by atoms with van der Waals surface area (Å²) >= 11 is 0. The molecule has 26 heavy (non-hydrogen) atoms. The normalized spacial score (nSPS) is 19.4. The van der Waals surface area contributed by atoms with Gasteiger partial charge in [0.05, 0.1) is 0 Å². The predicted molar refractivity (Wildman–Crippen MR) is 95.9 cm³/mol.